The normalized spacial score (nSPS) is 10.8. The molecule has 3 aromatic rings. The first-order valence-corrected chi connectivity index (χ1v) is 9.81. The number of hydrazone groups is 1. The molecule has 0 atom stereocenters. The lowest BCUT2D eigenvalue weighted by Crippen LogP contribution is -2.12. The Morgan fingerprint density at radius 2 is 1.93 bits per heavy atom. The van der Waals surface area contributed by atoms with Crippen LogP contribution in [0.25, 0.3) is 11.3 Å². The second-order valence-electron chi connectivity index (χ2n) is 5.83. The fourth-order valence-electron chi connectivity index (χ4n) is 2.33. The fraction of sp³-hybridized carbons (Fsp3) is 0.150. The molecule has 3 rings (SSSR count). The molecule has 0 aliphatic carbocycles. The van der Waals surface area contributed by atoms with Gasteiger partial charge in [0.05, 0.1) is 12.8 Å². The number of halogens is 1. The average molecular weight is 415 g/mol. The van der Waals surface area contributed by atoms with Gasteiger partial charge < -0.3 is 4.74 Å². The van der Waals surface area contributed by atoms with Crippen LogP contribution in [0.4, 0.5) is 14.9 Å². The minimum atomic E-state index is -0.518. The van der Waals surface area contributed by atoms with Gasteiger partial charge in [-0.05, 0) is 31.5 Å². The van der Waals surface area contributed by atoms with Crippen LogP contribution < -0.4 is 10.7 Å². The first-order chi connectivity index (χ1) is 13.5. The van der Waals surface area contributed by atoms with E-state index in [2.05, 4.69) is 20.8 Å². The zero-order valence-electron chi connectivity index (χ0n) is 15.4. The lowest BCUT2D eigenvalue weighted by molar-refractivity contribution is 0.168. The molecule has 0 fully saturated rings. The highest BCUT2D eigenvalue weighted by Crippen LogP contribution is 2.36. The maximum Gasteiger partial charge on any atom is 0.412 e. The second-order valence-corrected chi connectivity index (χ2v) is 7.27. The third-order valence-corrected chi connectivity index (χ3v) is 4.81. The van der Waals surface area contributed by atoms with Crippen molar-refractivity contribution in [2.24, 2.45) is 5.10 Å². The first kappa shape index (κ1) is 19.9. The van der Waals surface area contributed by atoms with Crippen molar-refractivity contribution in [2.45, 2.75) is 13.8 Å². The number of thiazole rings is 1. The van der Waals surface area contributed by atoms with Crippen LogP contribution in [0.3, 0.4) is 0 Å². The van der Waals surface area contributed by atoms with E-state index in [0.717, 1.165) is 16.7 Å². The molecule has 144 valence electrons. The molecule has 0 radical (unpaired) electrons. The smallest absolute Gasteiger partial charge is 0.412 e. The minimum Gasteiger partial charge on any atom is -0.450 e. The molecule has 1 amide bonds. The largest absolute Gasteiger partial charge is 0.450 e. The molecule has 0 unspecified atom stereocenters. The minimum absolute atomic E-state index is 0.293. The standard InChI is InChI=1S/C20H19ClN4O2S/c1-3-27-20(26)24-18-17(15-8-4-13(2)5-9-15)23-19(28-18)25-22-12-14-6-10-16(21)11-7-14/h4-12H,3H2,1-2H3,(H,23,25)(H,24,26). The van der Waals surface area contributed by atoms with Crippen LogP contribution in [0, 0.1) is 6.92 Å². The first-order valence-electron chi connectivity index (χ1n) is 8.61. The van der Waals surface area contributed by atoms with Gasteiger partial charge in [-0.3, -0.25) is 10.7 Å². The molecule has 0 saturated carbocycles. The predicted octanol–water partition coefficient (Wildman–Crippen LogP) is 5.79. The van der Waals surface area contributed by atoms with E-state index in [1.165, 1.54) is 11.3 Å². The van der Waals surface area contributed by atoms with Gasteiger partial charge in [0.25, 0.3) is 0 Å². The summed E-state index contributed by atoms with van der Waals surface area (Å²) in [6.45, 7) is 4.06. The van der Waals surface area contributed by atoms with Gasteiger partial charge in [0.1, 0.15) is 10.7 Å². The lowest BCUT2D eigenvalue weighted by Gasteiger charge is -2.05. The number of amides is 1. The zero-order chi connectivity index (χ0) is 19.9. The number of hydrogen-bond donors (Lipinski definition) is 2. The number of nitrogens with zero attached hydrogens (tertiary/aromatic N) is 2. The number of aryl methyl sites for hydroxylation is 1. The molecule has 0 aliphatic rings. The summed E-state index contributed by atoms with van der Waals surface area (Å²) >= 11 is 7.16. The highest BCUT2D eigenvalue weighted by atomic mass is 35.5. The molecular formula is C20H19ClN4O2S. The number of carbonyl (C=O) groups is 1. The van der Waals surface area contributed by atoms with Gasteiger partial charge in [0.2, 0.25) is 5.13 Å². The Hall–Kier alpha value is -2.90. The van der Waals surface area contributed by atoms with Gasteiger partial charge in [-0.2, -0.15) is 5.10 Å². The van der Waals surface area contributed by atoms with E-state index in [9.17, 15) is 4.79 Å². The SMILES string of the molecule is CCOC(=O)Nc1sc(NN=Cc2ccc(Cl)cc2)nc1-c1ccc(C)cc1. The maximum atomic E-state index is 11.9. The summed E-state index contributed by atoms with van der Waals surface area (Å²) in [7, 11) is 0. The predicted molar refractivity (Wildman–Crippen MR) is 116 cm³/mol. The third-order valence-electron chi connectivity index (χ3n) is 3.69. The monoisotopic (exact) mass is 414 g/mol. The number of rotatable bonds is 6. The molecule has 2 N–H and O–H groups in total. The molecular weight excluding hydrogens is 396 g/mol. The molecule has 1 aromatic heterocycles. The van der Waals surface area contributed by atoms with E-state index in [1.54, 1.807) is 25.3 Å². The van der Waals surface area contributed by atoms with Crippen LogP contribution in [0.5, 0.6) is 0 Å². The number of nitrogens with one attached hydrogen (secondary N) is 2. The van der Waals surface area contributed by atoms with Crippen molar-refractivity contribution in [3.8, 4) is 11.3 Å². The average Bonchev–Trinajstić information content (AvgIpc) is 3.06. The number of hydrogen-bond acceptors (Lipinski definition) is 6. The van der Waals surface area contributed by atoms with Crippen molar-refractivity contribution < 1.29 is 9.53 Å². The van der Waals surface area contributed by atoms with E-state index in [-0.39, 0.29) is 0 Å². The van der Waals surface area contributed by atoms with Crippen molar-refractivity contribution in [2.75, 3.05) is 17.3 Å². The van der Waals surface area contributed by atoms with E-state index in [4.69, 9.17) is 16.3 Å². The molecule has 8 heteroatoms. The van der Waals surface area contributed by atoms with Crippen LogP contribution >= 0.6 is 22.9 Å². The van der Waals surface area contributed by atoms with Crippen LogP contribution in [0.1, 0.15) is 18.1 Å². The molecule has 0 aliphatic heterocycles. The summed E-state index contributed by atoms with van der Waals surface area (Å²) in [6.07, 6.45) is 1.15. The Bertz CT molecular complexity index is 969. The molecule has 0 spiro atoms. The summed E-state index contributed by atoms with van der Waals surface area (Å²) in [5, 5.41) is 8.76. The summed E-state index contributed by atoms with van der Waals surface area (Å²) in [5.41, 5.74) is 6.50. The molecule has 28 heavy (non-hydrogen) atoms. The van der Waals surface area contributed by atoms with Gasteiger partial charge in [-0.25, -0.2) is 9.78 Å². The maximum absolute atomic E-state index is 11.9. The van der Waals surface area contributed by atoms with Crippen molar-refractivity contribution in [3.63, 3.8) is 0 Å². The summed E-state index contributed by atoms with van der Waals surface area (Å²) in [5.74, 6) is 0. The van der Waals surface area contributed by atoms with Crippen molar-refractivity contribution in [1.82, 2.24) is 4.98 Å². The fourth-order valence-corrected chi connectivity index (χ4v) is 3.28. The van der Waals surface area contributed by atoms with Crippen molar-refractivity contribution in [3.05, 3.63) is 64.7 Å². The van der Waals surface area contributed by atoms with Crippen LogP contribution in [0.15, 0.2) is 53.6 Å². The highest BCUT2D eigenvalue weighted by molar-refractivity contribution is 7.20. The molecule has 0 bridgehead atoms. The third kappa shape index (κ3) is 5.31. The Morgan fingerprint density at radius 1 is 1.21 bits per heavy atom. The molecule has 6 nitrogen and oxygen atoms in total. The van der Waals surface area contributed by atoms with Crippen molar-refractivity contribution >= 4 is 45.4 Å². The Labute approximate surface area is 172 Å². The lowest BCUT2D eigenvalue weighted by atomic mass is 10.1. The number of carbonyl (C=O) groups excluding carboxylic acids is 1. The summed E-state index contributed by atoms with van der Waals surface area (Å²) in [6, 6.07) is 15.2. The van der Waals surface area contributed by atoms with E-state index in [1.807, 2.05) is 43.3 Å². The van der Waals surface area contributed by atoms with Crippen LogP contribution in [-0.2, 0) is 4.74 Å². The van der Waals surface area contributed by atoms with E-state index in [0.29, 0.717) is 27.5 Å². The highest BCUT2D eigenvalue weighted by Gasteiger charge is 2.16. The van der Waals surface area contributed by atoms with Crippen LogP contribution in [-0.4, -0.2) is 23.9 Å². The molecule has 2 aromatic carbocycles. The second kappa shape index (κ2) is 9.34. The van der Waals surface area contributed by atoms with Gasteiger partial charge >= 0.3 is 6.09 Å². The van der Waals surface area contributed by atoms with E-state index < -0.39 is 6.09 Å². The number of aromatic nitrogens is 1. The Kier molecular flexibility index (Phi) is 6.62. The van der Waals surface area contributed by atoms with Crippen LogP contribution in [0.2, 0.25) is 5.02 Å². The Morgan fingerprint density at radius 3 is 2.61 bits per heavy atom. The Balaban J connectivity index is 1.82. The number of benzene rings is 2. The molecule has 1 heterocycles. The van der Waals surface area contributed by atoms with Gasteiger partial charge in [0, 0.05) is 10.6 Å². The quantitative estimate of drug-likeness (QED) is 0.395. The number of ether oxygens (including phenoxy) is 1. The topological polar surface area (TPSA) is 75.6 Å². The summed E-state index contributed by atoms with van der Waals surface area (Å²) < 4.78 is 4.98. The number of anilines is 2. The van der Waals surface area contributed by atoms with Crippen molar-refractivity contribution in [1.29, 1.82) is 0 Å². The van der Waals surface area contributed by atoms with E-state index >= 15 is 0 Å². The molecule has 0 saturated heterocycles. The van der Waals surface area contributed by atoms with Gasteiger partial charge in [0.15, 0.2) is 0 Å². The summed E-state index contributed by atoms with van der Waals surface area (Å²) in [4.78, 5) is 16.4. The zero-order valence-corrected chi connectivity index (χ0v) is 17.0. The van der Waals surface area contributed by atoms with Gasteiger partial charge in [-0.15, -0.1) is 0 Å². The van der Waals surface area contributed by atoms with Gasteiger partial charge in [-0.1, -0.05) is 64.9 Å².